The van der Waals surface area contributed by atoms with E-state index in [1.807, 2.05) is 44.2 Å². The molecule has 0 fully saturated rings. The Hall–Kier alpha value is -3.52. The Morgan fingerprint density at radius 2 is 1.66 bits per heavy atom. The molecule has 0 aliphatic carbocycles. The monoisotopic (exact) mass is 483 g/mol. The van der Waals surface area contributed by atoms with E-state index in [1.165, 1.54) is 26.2 Å². The summed E-state index contributed by atoms with van der Waals surface area (Å²) >= 11 is 0. The van der Waals surface area contributed by atoms with E-state index in [2.05, 4.69) is 0 Å². The number of Topliss-reactive ketones (excluding diaryl/α,β-unsaturated/α-hetero) is 1. The van der Waals surface area contributed by atoms with Gasteiger partial charge in [-0.25, -0.2) is 0 Å². The fraction of sp³-hybridized carbons (Fsp3) is 0.407. The molecular weight excluding hydrogens is 450 g/mol. The second-order valence-electron chi connectivity index (χ2n) is 8.45. The summed E-state index contributed by atoms with van der Waals surface area (Å²) in [6.45, 7) is 4.24. The van der Waals surface area contributed by atoms with Crippen molar-refractivity contribution in [3.05, 3.63) is 64.9 Å². The van der Waals surface area contributed by atoms with Gasteiger partial charge in [0.2, 0.25) is 5.75 Å². The fourth-order valence-corrected chi connectivity index (χ4v) is 4.20. The molecule has 1 amide bonds. The van der Waals surface area contributed by atoms with Crippen LogP contribution in [0.3, 0.4) is 0 Å². The maximum Gasteiger partial charge on any atom is 0.290 e. The first-order valence-electron chi connectivity index (χ1n) is 11.5. The van der Waals surface area contributed by atoms with Crippen LogP contribution in [-0.4, -0.2) is 62.3 Å². The van der Waals surface area contributed by atoms with Crippen molar-refractivity contribution in [1.29, 1.82) is 0 Å². The molecule has 8 nitrogen and oxygen atoms in total. The van der Waals surface area contributed by atoms with Crippen molar-refractivity contribution in [2.75, 3.05) is 34.5 Å². The summed E-state index contributed by atoms with van der Waals surface area (Å²) in [6.07, 6.45) is 0.609. The SMILES string of the molecule is COc1cc(C2C(C(=O)CCc3ccccc3)=C(O)C(=O)N2CCOC(C)C)cc(OC)c1OC. The molecule has 2 aromatic carbocycles. The van der Waals surface area contributed by atoms with E-state index in [0.717, 1.165) is 5.56 Å². The van der Waals surface area contributed by atoms with E-state index >= 15 is 0 Å². The van der Waals surface area contributed by atoms with Gasteiger partial charge in [-0.2, -0.15) is 0 Å². The molecule has 0 bridgehead atoms. The first-order valence-corrected chi connectivity index (χ1v) is 11.5. The van der Waals surface area contributed by atoms with E-state index in [9.17, 15) is 14.7 Å². The highest BCUT2D eigenvalue weighted by atomic mass is 16.5. The van der Waals surface area contributed by atoms with Crippen molar-refractivity contribution in [1.82, 2.24) is 4.90 Å². The minimum absolute atomic E-state index is 0.0270. The molecule has 8 heteroatoms. The molecule has 0 saturated heterocycles. The van der Waals surface area contributed by atoms with E-state index in [-0.39, 0.29) is 37.0 Å². The van der Waals surface area contributed by atoms with Crippen molar-refractivity contribution < 1.29 is 33.6 Å². The van der Waals surface area contributed by atoms with Gasteiger partial charge in [-0.1, -0.05) is 30.3 Å². The number of benzene rings is 2. The zero-order valence-electron chi connectivity index (χ0n) is 20.9. The largest absolute Gasteiger partial charge is 0.503 e. The first-order chi connectivity index (χ1) is 16.8. The Labute approximate surface area is 206 Å². The standard InChI is InChI=1S/C27H33NO7/c1-17(2)35-14-13-28-24(19-15-21(32-3)26(34-5)22(16-19)33-4)23(25(30)27(28)31)20(29)12-11-18-9-7-6-8-10-18/h6-10,15-17,24,30H,11-14H2,1-5H3. The summed E-state index contributed by atoms with van der Waals surface area (Å²) in [5, 5.41) is 10.8. The van der Waals surface area contributed by atoms with Gasteiger partial charge in [0.1, 0.15) is 0 Å². The molecule has 0 spiro atoms. The third kappa shape index (κ3) is 5.77. The number of hydrogen-bond acceptors (Lipinski definition) is 7. The topological polar surface area (TPSA) is 94.5 Å². The molecule has 1 atom stereocenters. The second kappa shape index (κ2) is 11.8. The Morgan fingerprint density at radius 3 is 2.20 bits per heavy atom. The van der Waals surface area contributed by atoms with Crippen LogP contribution in [0.4, 0.5) is 0 Å². The summed E-state index contributed by atoms with van der Waals surface area (Å²) in [5.41, 5.74) is 1.62. The number of amides is 1. The Kier molecular flexibility index (Phi) is 8.76. The molecule has 0 saturated carbocycles. The highest BCUT2D eigenvalue weighted by Gasteiger charge is 2.43. The molecule has 0 aromatic heterocycles. The van der Waals surface area contributed by atoms with Crippen molar-refractivity contribution in [2.45, 2.75) is 38.8 Å². The van der Waals surface area contributed by atoms with Crippen LogP contribution in [0, 0.1) is 0 Å². The van der Waals surface area contributed by atoms with Crippen LogP contribution in [-0.2, 0) is 20.7 Å². The minimum atomic E-state index is -0.824. The van der Waals surface area contributed by atoms with Crippen molar-refractivity contribution in [3.8, 4) is 17.2 Å². The van der Waals surface area contributed by atoms with Gasteiger partial charge in [0.15, 0.2) is 23.0 Å². The van der Waals surface area contributed by atoms with Gasteiger partial charge in [0.25, 0.3) is 5.91 Å². The number of rotatable bonds is 12. The van der Waals surface area contributed by atoms with Gasteiger partial charge < -0.3 is 29.0 Å². The molecule has 1 aliphatic rings. The average Bonchev–Trinajstić information content (AvgIpc) is 3.11. The predicted octanol–water partition coefficient (Wildman–Crippen LogP) is 4.03. The van der Waals surface area contributed by atoms with Crippen LogP contribution in [0.25, 0.3) is 0 Å². The Morgan fingerprint density at radius 1 is 1.03 bits per heavy atom. The maximum absolute atomic E-state index is 13.4. The summed E-state index contributed by atoms with van der Waals surface area (Å²) in [7, 11) is 4.49. The van der Waals surface area contributed by atoms with Crippen molar-refractivity contribution in [3.63, 3.8) is 0 Å². The maximum atomic E-state index is 13.4. The molecule has 0 radical (unpaired) electrons. The Balaban J connectivity index is 2.01. The van der Waals surface area contributed by atoms with Gasteiger partial charge in [-0.05, 0) is 43.5 Å². The van der Waals surface area contributed by atoms with Gasteiger partial charge in [0.05, 0.1) is 45.7 Å². The molecule has 3 rings (SSSR count). The summed E-state index contributed by atoms with van der Waals surface area (Å²) in [4.78, 5) is 28.0. The lowest BCUT2D eigenvalue weighted by molar-refractivity contribution is -0.130. The number of nitrogens with zero attached hydrogens (tertiary/aromatic N) is 1. The second-order valence-corrected chi connectivity index (χ2v) is 8.45. The molecule has 1 unspecified atom stereocenters. The van der Waals surface area contributed by atoms with E-state index in [0.29, 0.717) is 29.2 Å². The van der Waals surface area contributed by atoms with Gasteiger partial charge >= 0.3 is 0 Å². The quantitative estimate of drug-likeness (QED) is 0.487. The smallest absolute Gasteiger partial charge is 0.290 e. The number of methoxy groups -OCH3 is 3. The lowest BCUT2D eigenvalue weighted by Gasteiger charge is -2.28. The normalized spacial score (nSPS) is 15.7. The highest BCUT2D eigenvalue weighted by Crippen LogP contribution is 2.45. The number of aliphatic hydroxyl groups excluding tert-OH is 1. The Bertz CT molecular complexity index is 1050. The fourth-order valence-electron chi connectivity index (χ4n) is 4.20. The minimum Gasteiger partial charge on any atom is -0.503 e. The van der Waals surface area contributed by atoms with Crippen LogP contribution in [0.15, 0.2) is 53.8 Å². The lowest BCUT2D eigenvalue weighted by atomic mass is 9.92. The number of ether oxygens (including phenoxy) is 4. The van der Waals surface area contributed by atoms with Crippen LogP contribution in [0.2, 0.25) is 0 Å². The third-order valence-corrected chi connectivity index (χ3v) is 5.87. The molecular formula is C27H33NO7. The summed E-state index contributed by atoms with van der Waals surface area (Å²) in [5.74, 6) is -0.288. The number of ketones is 1. The third-order valence-electron chi connectivity index (χ3n) is 5.87. The van der Waals surface area contributed by atoms with Crippen molar-refractivity contribution >= 4 is 11.7 Å². The van der Waals surface area contributed by atoms with E-state index in [4.69, 9.17) is 18.9 Å². The number of aliphatic hydroxyl groups is 1. The van der Waals surface area contributed by atoms with E-state index < -0.39 is 17.7 Å². The van der Waals surface area contributed by atoms with Gasteiger partial charge in [0, 0.05) is 13.0 Å². The van der Waals surface area contributed by atoms with E-state index in [1.54, 1.807) is 12.1 Å². The number of aryl methyl sites for hydroxylation is 1. The zero-order valence-corrected chi connectivity index (χ0v) is 20.9. The van der Waals surface area contributed by atoms with Crippen LogP contribution >= 0.6 is 0 Å². The average molecular weight is 484 g/mol. The summed E-state index contributed by atoms with van der Waals surface area (Å²) in [6, 6.07) is 12.2. The molecule has 2 aromatic rings. The predicted molar refractivity (Wildman–Crippen MR) is 131 cm³/mol. The van der Waals surface area contributed by atoms with Crippen LogP contribution in [0.5, 0.6) is 17.2 Å². The molecule has 1 heterocycles. The number of hydrogen-bond donors (Lipinski definition) is 1. The molecule has 1 N–H and O–H groups in total. The molecule has 35 heavy (non-hydrogen) atoms. The zero-order chi connectivity index (χ0) is 25.5. The first kappa shape index (κ1) is 26.1. The lowest BCUT2D eigenvalue weighted by Crippen LogP contribution is -2.34. The number of carbonyl (C=O) groups is 2. The van der Waals surface area contributed by atoms with Crippen LogP contribution < -0.4 is 14.2 Å². The molecule has 1 aliphatic heterocycles. The highest BCUT2D eigenvalue weighted by molar-refractivity contribution is 6.09. The van der Waals surface area contributed by atoms with Gasteiger partial charge in [-0.15, -0.1) is 0 Å². The summed E-state index contributed by atoms with van der Waals surface area (Å²) < 4.78 is 22.0. The number of carbonyl (C=O) groups excluding carboxylic acids is 2. The van der Waals surface area contributed by atoms with Crippen LogP contribution in [0.1, 0.15) is 37.4 Å². The van der Waals surface area contributed by atoms with Gasteiger partial charge in [-0.3, -0.25) is 9.59 Å². The molecule has 188 valence electrons. The van der Waals surface area contributed by atoms with Crippen molar-refractivity contribution in [2.24, 2.45) is 0 Å².